The van der Waals surface area contributed by atoms with E-state index in [2.05, 4.69) is 29.4 Å². The first kappa shape index (κ1) is 12.2. The van der Waals surface area contributed by atoms with E-state index in [1.807, 2.05) is 41.2 Å². The Labute approximate surface area is 117 Å². The summed E-state index contributed by atoms with van der Waals surface area (Å²) in [7, 11) is 0. The van der Waals surface area contributed by atoms with Crippen LogP contribution in [0.25, 0.3) is 5.69 Å². The molecule has 0 spiro atoms. The topological polar surface area (TPSA) is 41.6 Å². The zero-order chi connectivity index (χ0) is 13.8. The zero-order valence-electron chi connectivity index (χ0n) is 10.8. The smallest absolute Gasteiger partial charge is 0.0994 e. The molecule has 0 aliphatic rings. The van der Waals surface area contributed by atoms with Gasteiger partial charge in [0, 0.05) is 12.4 Å². The highest BCUT2D eigenvalue weighted by molar-refractivity contribution is 5.41. The van der Waals surface area contributed by atoms with Crippen LogP contribution in [-0.4, -0.2) is 9.78 Å². The summed E-state index contributed by atoms with van der Waals surface area (Å²) in [6.07, 6.45) is 4.42. The van der Waals surface area contributed by atoms with Crippen molar-refractivity contribution in [2.75, 3.05) is 0 Å². The Bertz CT molecular complexity index is 735. The van der Waals surface area contributed by atoms with Crippen LogP contribution in [-0.2, 0) is 6.42 Å². The summed E-state index contributed by atoms with van der Waals surface area (Å²) in [4.78, 5) is 0. The molecule has 0 saturated carbocycles. The van der Waals surface area contributed by atoms with Crippen molar-refractivity contribution in [2.24, 2.45) is 0 Å². The molecule has 0 saturated heterocycles. The second kappa shape index (κ2) is 5.41. The van der Waals surface area contributed by atoms with E-state index >= 15 is 0 Å². The van der Waals surface area contributed by atoms with E-state index in [1.165, 1.54) is 5.56 Å². The Kier molecular flexibility index (Phi) is 3.30. The zero-order valence-corrected chi connectivity index (χ0v) is 10.8. The van der Waals surface area contributed by atoms with Gasteiger partial charge in [0.05, 0.1) is 17.3 Å². The molecule has 1 radical (unpaired) electrons. The van der Waals surface area contributed by atoms with Gasteiger partial charge in [0.25, 0.3) is 0 Å². The molecule has 0 fully saturated rings. The van der Waals surface area contributed by atoms with Gasteiger partial charge in [-0.25, -0.2) is 4.68 Å². The van der Waals surface area contributed by atoms with Crippen LogP contribution in [0.1, 0.15) is 16.7 Å². The molecule has 0 N–H and O–H groups in total. The van der Waals surface area contributed by atoms with Gasteiger partial charge in [-0.1, -0.05) is 24.3 Å². The van der Waals surface area contributed by atoms with Crippen LogP contribution in [0.2, 0.25) is 0 Å². The van der Waals surface area contributed by atoms with Gasteiger partial charge in [-0.15, -0.1) is 0 Å². The second-order valence-electron chi connectivity index (χ2n) is 4.49. The highest BCUT2D eigenvalue weighted by Gasteiger charge is 2.03. The minimum absolute atomic E-state index is 0.684. The number of benzene rings is 2. The number of aromatic nitrogens is 2. The highest BCUT2D eigenvalue weighted by Crippen LogP contribution is 2.15. The van der Waals surface area contributed by atoms with Crippen molar-refractivity contribution >= 4 is 0 Å². The largest absolute Gasteiger partial charge is 0.241 e. The number of nitriles is 1. The standard InChI is InChI=1S/C17H12N3/c18-13-16-5-2-1-4-15(16)12-14-6-8-17(9-7-14)20-11-3-10-19-20/h1,3-11H,12H2. The van der Waals surface area contributed by atoms with Crippen molar-refractivity contribution < 1.29 is 0 Å². The van der Waals surface area contributed by atoms with Crippen LogP contribution in [0.5, 0.6) is 0 Å². The first-order valence-corrected chi connectivity index (χ1v) is 6.35. The van der Waals surface area contributed by atoms with Crippen molar-refractivity contribution in [3.05, 3.63) is 83.7 Å². The van der Waals surface area contributed by atoms with Crippen LogP contribution < -0.4 is 0 Å². The van der Waals surface area contributed by atoms with Gasteiger partial charge in [-0.2, -0.15) is 10.4 Å². The first-order chi connectivity index (χ1) is 9.86. The summed E-state index contributed by atoms with van der Waals surface area (Å²) in [5.74, 6) is 0. The van der Waals surface area contributed by atoms with Crippen LogP contribution in [0.3, 0.4) is 0 Å². The van der Waals surface area contributed by atoms with Crippen molar-refractivity contribution in [1.29, 1.82) is 5.26 Å². The van der Waals surface area contributed by atoms with Crippen molar-refractivity contribution in [1.82, 2.24) is 9.78 Å². The number of nitrogens with zero attached hydrogens (tertiary/aromatic N) is 3. The summed E-state index contributed by atoms with van der Waals surface area (Å²) in [6, 6.07) is 20.7. The minimum Gasteiger partial charge on any atom is -0.241 e. The number of rotatable bonds is 3. The molecule has 0 unspecified atom stereocenters. The van der Waals surface area contributed by atoms with Crippen molar-refractivity contribution in [2.45, 2.75) is 6.42 Å². The van der Waals surface area contributed by atoms with Crippen LogP contribution >= 0.6 is 0 Å². The van der Waals surface area contributed by atoms with E-state index in [1.54, 1.807) is 12.3 Å². The second-order valence-corrected chi connectivity index (χ2v) is 4.49. The molecule has 3 heteroatoms. The maximum absolute atomic E-state index is 9.08. The fraction of sp³-hybridized carbons (Fsp3) is 0.0588. The SMILES string of the molecule is N#Cc1c[c]ccc1Cc1ccc(-n2cccn2)cc1. The van der Waals surface area contributed by atoms with E-state index in [0.717, 1.165) is 17.7 Å². The van der Waals surface area contributed by atoms with Crippen molar-refractivity contribution in [3.63, 3.8) is 0 Å². The van der Waals surface area contributed by atoms with E-state index in [-0.39, 0.29) is 0 Å². The summed E-state index contributed by atoms with van der Waals surface area (Å²) in [5, 5.41) is 13.3. The van der Waals surface area contributed by atoms with Crippen molar-refractivity contribution in [3.8, 4) is 11.8 Å². The Hall–Kier alpha value is -2.86. The Morgan fingerprint density at radius 1 is 1.20 bits per heavy atom. The van der Waals surface area contributed by atoms with E-state index in [9.17, 15) is 0 Å². The third-order valence-corrected chi connectivity index (χ3v) is 3.17. The molecular weight excluding hydrogens is 246 g/mol. The van der Waals surface area contributed by atoms with Gasteiger partial charge in [0.1, 0.15) is 0 Å². The molecule has 1 heterocycles. The summed E-state index contributed by atoms with van der Waals surface area (Å²) >= 11 is 0. The van der Waals surface area contributed by atoms with Crippen LogP contribution in [0, 0.1) is 17.4 Å². The maximum Gasteiger partial charge on any atom is 0.0994 e. The lowest BCUT2D eigenvalue weighted by Gasteiger charge is -2.06. The molecular formula is C17H12N3. The lowest BCUT2D eigenvalue weighted by Crippen LogP contribution is -1.96. The lowest BCUT2D eigenvalue weighted by molar-refractivity contribution is 0.879. The summed E-state index contributed by atoms with van der Waals surface area (Å²) in [5.41, 5.74) is 3.91. The molecule has 3 nitrogen and oxygen atoms in total. The average molecular weight is 258 g/mol. The van der Waals surface area contributed by atoms with Gasteiger partial charge in [0.15, 0.2) is 0 Å². The van der Waals surface area contributed by atoms with Crippen LogP contribution in [0.15, 0.2) is 60.9 Å². The Balaban J connectivity index is 1.84. The molecule has 3 rings (SSSR count). The van der Waals surface area contributed by atoms with Gasteiger partial charge in [-0.3, -0.25) is 0 Å². The predicted octanol–water partition coefficient (Wildman–Crippen LogP) is 3.13. The Morgan fingerprint density at radius 3 is 2.75 bits per heavy atom. The van der Waals surface area contributed by atoms with E-state index in [4.69, 9.17) is 5.26 Å². The predicted molar refractivity (Wildman–Crippen MR) is 76.4 cm³/mol. The lowest BCUT2D eigenvalue weighted by atomic mass is 10.0. The molecule has 20 heavy (non-hydrogen) atoms. The van der Waals surface area contributed by atoms with Gasteiger partial charge in [0.2, 0.25) is 0 Å². The molecule has 0 amide bonds. The normalized spacial score (nSPS) is 10.2. The third kappa shape index (κ3) is 2.45. The van der Waals surface area contributed by atoms with E-state index in [0.29, 0.717) is 5.56 Å². The molecule has 0 atom stereocenters. The van der Waals surface area contributed by atoms with Gasteiger partial charge >= 0.3 is 0 Å². The molecule has 0 aliphatic heterocycles. The number of hydrogen-bond donors (Lipinski definition) is 0. The summed E-state index contributed by atoms with van der Waals surface area (Å²) < 4.78 is 1.82. The molecule has 1 aromatic heterocycles. The number of hydrogen-bond acceptors (Lipinski definition) is 2. The molecule has 2 aromatic carbocycles. The molecule has 3 aromatic rings. The third-order valence-electron chi connectivity index (χ3n) is 3.17. The van der Waals surface area contributed by atoms with Gasteiger partial charge in [-0.05, 0) is 47.9 Å². The minimum atomic E-state index is 0.684. The fourth-order valence-electron chi connectivity index (χ4n) is 2.13. The average Bonchev–Trinajstić information content (AvgIpc) is 3.03. The summed E-state index contributed by atoms with van der Waals surface area (Å²) in [6.45, 7) is 0. The Morgan fingerprint density at radius 2 is 2.05 bits per heavy atom. The highest BCUT2D eigenvalue weighted by atomic mass is 15.3. The quantitative estimate of drug-likeness (QED) is 0.724. The van der Waals surface area contributed by atoms with E-state index < -0.39 is 0 Å². The molecule has 0 aliphatic carbocycles. The van der Waals surface area contributed by atoms with Gasteiger partial charge < -0.3 is 0 Å². The van der Waals surface area contributed by atoms with Crippen LogP contribution in [0.4, 0.5) is 0 Å². The molecule has 0 bridgehead atoms. The monoisotopic (exact) mass is 258 g/mol. The first-order valence-electron chi connectivity index (χ1n) is 6.35. The fourth-order valence-corrected chi connectivity index (χ4v) is 2.13. The maximum atomic E-state index is 9.08. The molecule has 95 valence electrons.